The van der Waals surface area contributed by atoms with Crippen molar-refractivity contribution in [1.82, 2.24) is 9.78 Å². The van der Waals surface area contributed by atoms with Gasteiger partial charge >= 0.3 is 5.69 Å². The van der Waals surface area contributed by atoms with E-state index in [2.05, 4.69) is 5.10 Å². The number of aromatic nitrogens is 2. The van der Waals surface area contributed by atoms with Crippen LogP contribution in [0.2, 0.25) is 0 Å². The zero-order valence-corrected chi connectivity index (χ0v) is 9.74. The largest absolute Gasteiger partial charge is 0.395 e. The molecule has 0 bridgehead atoms. The molecule has 0 aromatic carbocycles. The molecule has 0 saturated heterocycles. The maximum Gasteiger partial charge on any atom is 0.330 e. The van der Waals surface area contributed by atoms with Crippen LogP contribution in [0, 0.1) is 10.1 Å². The van der Waals surface area contributed by atoms with E-state index in [1.54, 1.807) is 7.05 Å². The molecule has 0 unspecified atom stereocenters. The summed E-state index contributed by atoms with van der Waals surface area (Å²) in [5.41, 5.74) is 0.00727. The predicted molar refractivity (Wildman–Crippen MR) is 61.9 cm³/mol. The minimum absolute atomic E-state index is 0.00727. The Morgan fingerprint density at radius 3 is 2.88 bits per heavy atom. The van der Waals surface area contributed by atoms with Crippen molar-refractivity contribution >= 4 is 11.5 Å². The van der Waals surface area contributed by atoms with Gasteiger partial charge in [-0.3, -0.25) is 14.8 Å². The molecular weight excluding hydrogens is 224 g/mol. The molecule has 1 fully saturated rings. The van der Waals surface area contributed by atoms with Gasteiger partial charge in [-0.25, -0.2) is 0 Å². The van der Waals surface area contributed by atoms with Crippen LogP contribution in [-0.4, -0.2) is 39.0 Å². The third-order valence-corrected chi connectivity index (χ3v) is 3.12. The zero-order chi connectivity index (χ0) is 12.4. The quantitative estimate of drug-likeness (QED) is 0.604. The first-order valence-electron chi connectivity index (χ1n) is 5.69. The Bertz CT molecular complexity index is 414. The highest BCUT2D eigenvalue weighted by molar-refractivity contribution is 5.57. The summed E-state index contributed by atoms with van der Waals surface area (Å²) in [5, 5.41) is 24.1. The second kappa shape index (κ2) is 4.70. The summed E-state index contributed by atoms with van der Waals surface area (Å²) >= 11 is 0. The van der Waals surface area contributed by atoms with Gasteiger partial charge in [0.25, 0.3) is 0 Å². The molecule has 1 heterocycles. The topological polar surface area (TPSA) is 84.4 Å². The van der Waals surface area contributed by atoms with Gasteiger partial charge in [0.2, 0.25) is 5.82 Å². The first-order valence-corrected chi connectivity index (χ1v) is 5.69. The zero-order valence-electron chi connectivity index (χ0n) is 9.74. The molecule has 0 atom stereocenters. The van der Waals surface area contributed by atoms with Crippen molar-refractivity contribution in [1.29, 1.82) is 0 Å². The Kier molecular flexibility index (Phi) is 3.28. The molecule has 1 aliphatic rings. The van der Waals surface area contributed by atoms with Crippen LogP contribution < -0.4 is 4.90 Å². The van der Waals surface area contributed by atoms with Gasteiger partial charge in [-0.05, 0) is 19.3 Å². The number of nitrogens with zero attached hydrogens (tertiary/aromatic N) is 4. The number of hydrogen-bond donors (Lipinski definition) is 1. The fourth-order valence-electron chi connectivity index (χ4n) is 2.07. The molecule has 0 aliphatic heterocycles. The van der Waals surface area contributed by atoms with Crippen molar-refractivity contribution in [3.8, 4) is 0 Å². The molecule has 17 heavy (non-hydrogen) atoms. The molecule has 0 amide bonds. The van der Waals surface area contributed by atoms with Crippen molar-refractivity contribution in [2.24, 2.45) is 7.05 Å². The van der Waals surface area contributed by atoms with E-state index in [1.165, 1.54) is 10.9 Å². The lowest BCUT2D eigenvalue weighted by Crippen LogP contribution is -2.42. The molecule has 1 aliphatic carbocycles. The third kappa shape index (κ3) is 2.23. The van der Waals surface area contributed by atoms with Crippen molar-refractivity contribution in [2.75, 3.05) is 18.1 Å². The van der Waals surface area contributed by atoms with Gasteiger partial charge < -0.3 is 10.0 Å². The Balaban J connectivity index is 2.30. The lowest BCUT2D eigenvalue weighted by molar-refractivity contribution is -0.384. The molecule has 2 rings (SSSR count). The van der Waals surface area contributed by atoms with E-state index in [1.807, 2.05) is 4.90 Å². The van der Waals surface area contributed by atoms with Gasteiger partial charge in [-0.15, -0.1) is 5.10 Å². The first-order chi connectivity index (χ1) is 8.13. The second-order valence-corrected chi connectivity index (χ2v) is 4.27. The molecular formula is C10H16N4O3. The summed E-state index contributed by atoms with van der Waals surface area (Å²) in [6.07, 6.45) is 4.55. The average Bonchev–Trinajstić information content (AvgIpc) is 2.57. The van der Waals surface area contributed by atoms with E-state index in [-0.39, 0.29) is 18.3 Å². The van der Waals surface area contributed by atoms with Gasteiger partial charge in [0.15, 0.2) is 0 Å². The van der Waals surface area contributed by atoms with Crippen LogP contribution >= 0.6 is 0 Å². The SMILES string of the molecule is Cn1cc([N+](=O)[O-])c(N(CCO)C2CCC2)n1. The smallest absolute Gasteiger partial charge is 0.330 e. The van der Waals surface area contributed by atoms with E-state index in [9.17, 15) is 10.1 Å². The Labute approximate surface area is 98.8 Å². The normalized spacial score (nSPS) is 15.6. The molecule has 94 valence electrons. The molecule has 7 nitrogen and oxygen atoms in total. The van der Waals surface area contributed by atoms with Crippen LogP contribution in [0.5, 0.6) is 0 Å². The first kappa shape index (κ1) is 11.8. The molecule has 1 saturated carbocycles. The molecule has 1 aromatic rings. The van der Waals surface area contributed by atoms with E-state index < -0.39 is 4.92 Å². The monoisotopic (exact) mass is 240 g/mol. The Hall–Kier alpha value is -1.63. The van der Waals surface area contributed by atoms with Gasteiger partial charge in [-0.1, -0.05) is 0 Å². The number of anilines is 1. The highest BCUT2D eigenvalue weighted by Gasteiger charge is 2.31. The predicted octanol–water partition coefficient (Wildman–Crippen LogP) is 0.679. The van der Waals surface area contributed by atoms with Crippen molar-refractivity contribution in [3.05, 3.63) is 16.3 Å². The molecule has 0 spiro atoms. The number of aryl methyl sites for hydroxylation is 1. The summed E-state index contributed by atoms with van der Waals surface area (Å²) in [6, 6.07) is 0.274. The average molecular weight is 240 g/mol. The Morgan fingerprint density at radius 2 is 2.41 bits per heavy atom. The van der Waals surface area contributed by atoms with E-state index in [0.717, 1.165) is 19.3 Å². The van der Waals surface area contributed by atoms with Crippen LogP contribution in [0.15, 0.2) is 6.20 Å². The lowest BCUT2D eigenvalue weighted by Gasteiger charge is -2.36. The summed E-state index contributed by atoms with van der Waals surface area (Å²) in [4.78, 5) is 12.4. The van der Waals surface area contributed by atoms with Crippen LogP contribution in [0.1, 0.15) is 19.3 Å². The van der Waals surface area contributed by atoms with Gasteiger partial charge in [0, 0.05) is 19.6 Å². The van der Waals surface area contributed by atoms with Crippen LogP contribution in [0.25, 0.3) is 0 Å². The van der Waals surface area contributed by atoms with E-state index in [4.69, 9.17) is 5.11 Å². The lowest BCUT2D eigenvalue weighted by atomic mass is 9.91. The number of aliphatic hydroxyl groups is 1. The third-order valence-electron chi connectivity index (χ3n) is 3.12. The Morgan fingerprint density at radius 1 is 1.71 bits per heavy atom. The fourth-order valence-corrected chi connectivity index (χ4v) is 2.07. The summed E-state index contributed by atoms with van der Waals surface area (Å²) in [5.74, 6) is 0.372. The number of nitro groups is 1. The maximum atomic E-state index is 10.9. The molecule has 7 heteroatoms. The standard InChI is InChI=1S/C10H16N4O3/c1-12-7-9(14(16)17)10(11-12)13(5-6-15)8-3-2-4-8/h7-8,15H,2-6H2,1H3. The minimum atomic E-state index is -0.425. The van der Waals surface area contributed by atoms with E-state index in [0.29, 0.717) is 12.4 Å². The van der Waals surface area contributed by atoms with Gasteiger partial charge in [0.05, 0.1) is 11.5 Å². The summed E-state index contributed by atoms with van der Waals surface area (Å²) < 4.78 is 1.44. The van der Waals surface area contributed by atoms with Crippen LogP contribution in [0.4, 0.5) is 11.5 Å². The molecule has 0 radical (unpaired) electrons. The van der Waals surface area contributed by atoms with Crippen LogP contribution in [-0.2, 0) is 7.05 Å². The van der Waals surface area contributed by atoms with Crippen molar-refractivity contribution in [2.45, 2.75) is 25.3 Å². The fraction of sp³-hybridized carbons (Fsp3) is 0.700. The van der Waals surface area contributed by atoms with Gasteiger partial charge in [-0.2, -0.15) is 0 Å². The number of hydrogen-bond acceptors (Lipinski definition) is 5. The number of aliphatic hydroxyl groups excluding tert-OH is 1. The second-order valence-electron chi connectivity index (χ2n) is 4.27. The van der Waals surface area contributed by atoms with Gasteiger partial charge in [0.1, 0.15) is 6.20 Å². The van der Waals surface area contributed by atoms with Crippen molar-refractivity contribution < 1.29 is 10.0 Å². The minimum Gasteiger partial charge on any atom is -0.395 e. The summed E-state index contributed by atoms with van der Waals surface area (Å²) in [7, 11) is 1.66. The molecule has 1 aromatic heterocycles. The maximum absolute atomic E-state index is 10.9. The highest BCUT2D eigenvalue weighted by atomic mass is 16.6. The van der Waals surface area contributed by atoms with E-state index >= 15 is 0 Å². The highest BCUT2D eigenvalue weighted by Crippen LogP contribution is 2.33. The van der Waals surface area contributed by atoms with Crippen LogP contribution in [0.3, 0.4) is 0 Å². The van der Waals surface area contributed by atoms with Crippen molar-refractivity contribution in [3.63, 3.8) is 0 Å². The molecule has 1 N–H and O–H groups in total. The number of rotatable bonds is 5. The summed E-state index contributed by atoms with van der Waals surface area (Å²) in [6.45, 7) is 0.368.